The van der Waals surface area contributed by atoms with Crippen molar-refractivity contribution in [1.29, 1.82) is 0 Å². The van der Waals surface area contributed by atoms with Crippen LogP contribution in [0.3, 0.4) is 0 Å². The number of aryl methyl sites for hydroxylation is 1. The minimum Gasteiger partial charge on any atom is -0.338 e. The molecule has 2 aromatic heterocycles. The molecule has 0 saturated carbocycles. The molecule has 0 unspecified atom stereocenters. The lowest BCUT2D eigenvalue weighted by Crippen LogP contribution is -1.95. The maximum Gasteiger partial charge on any atom is 0.240 e. The van der Waals surface area contributed by atoms with Gasteiger partial charge in [-0.05, 0) is 6.92 Å². The van der Waals surface area contributed by atoms with Gasteiger partial charge in [0.15, 0.2) is 0 Å². The first-order valence-electron chi connectivity index (χ1n) is 3.74. The van der Waals surface area contributed by atoms with Crippen LogP contribution in [0, 0.1) is 6.92 Å². The second-order valence-electron chi connectivity index (χ2n) is 2.48. The third-order valence-electron chi connectivity index (χ3n) is 1.59. The number of nitrogens with two attached hydrogens (primary N) is 1. The molecule has 0 atom stereocenters. The van der Waals surface area contributed by atoms with Gasteiger partial charge in [0.05, 0.1) is 22.6 Å². The summed E-state index contributed by atoms with van der Waals surface area (Å²) in [5.41, 5.74) is 8.01. The van der Waals surface area contributed by atoms with E-state index in [1.807, 2.05) is 6.92 Å². The van der Waals surface area contributed by atoms with Gasteiger partial charge in [-0.2, -0.15) is 4.98 Å². The summed E-state index contributed by atoms with van der Waals surface area (Å²) in [5, 5.41) is 3.79. The van der Waals surface area contributed by atoms with Gasteiger partial charge in [-0.15, -0.1) is 11.3 Å². The molecule has 0 aliphatic carbocycles. The molecule has 6 heteroatoms. The minimum absolute atomic E-state index is 0.269. The number of nitrogens with zero attached hydrogens (tertiary/aromatic N) is 3. The van der Waals surface area contributed by atoms with Crippen LogP contribution in [-0.4, -0.2) is 15.1 Å². The molecule has 2 aromatic rings. The van der Waals surface area contributed by atoms with Crippen LogP contribution in [0.5, 0.6) is 0 Å². The third-order valence-corrected chi connectivity index (χ3v) is 2.52. The maximum absolute atomic E-state index is 5.35. The van der Waals surface area contributed by atoms with E-state index in [2.05, 4.69) is 15.1 Å². The largest absolute Gasteiger partial charge is 0.338 e. The Morgan fingerprint density at radius 3 is 3.00 bits per heavy atom. The molecular weight excluding hydrogens is 188 g/mol. The number of hydrogen-bond donors (Lipinski definition) is 1. The van der Waals surface area contributed by atoms with Gasteiger partial charge in [-0.3, -0.25) is 0 Å². The van der Waals surface area contributed by atoms with Crippen LogP contribution in [0.15, 0.2) is 10.0 Å². The van der Waals surface area contributed by atoms with Crippen molar-refractivity contribution in [3.8, 4) is 10.7 Å². The number of aromatic nitrogens is 3. The van der Waals surface area contributed by atoms with E-state index >= 15 is 0 Å². The fourth-order valence-corrected chi connectivity index (χ4v) is 1.67. The smallest absolute Gasteiger partial charge is 0.240 e. The highest BCUT2D eigenvalue weighted by Crippen LogP contribution is 2.23. The molecule has 0 saturated heterocycles. The lowest BCUT2D eigenvalue weighted by atomic mass is 10.4. The first-order valence-corrected chi connectivity index (χ1v) is 4.62. The predicted octanol–water partition coefficient (Wildman–Crippen LogP) is 0.960. The molecule has 2 heterocycles. The molecule has 0 bridgehead atoms. The SMILES string of the molecule is Cc1ncsc1-c1noc(CN)n1. The van der Waals surface area contributed by atoms with Crippen molar-refractivity contribution in [2.24, 2.45) is 5.73 Å². The van der Waals surface area contributed by atoms with Crippen molar-refractivity contribution >= 4 is 11.3 Å². The van der Waals surface area contributed by atoms with Crippen molar-refractivity contribution in [1.82, 2.24) is 15.1 Å². The van der Waals surface area contributed by atoms with Crippen LogP contribution in [0.1, 0.15) is 11.6 Å². The average molecular weight is 196 g/mol. The predicted molar refractivity (Wildman–Crippen MR) is 48.0 cm³/mol. The second kappa shape index (κ2) is 3.23. The number of rotatable bonds is 2. The third kappa shape index (κ3) is 1.45. The fraction of sp³-hybridized carbons (Fsp3) is 0.286. The average Bonchev–Trinajstić information content (AvgIpc) is 2.71. The Kier molecular flexibility index (Phi) is 2.07. The molecular formula is C7H8N4OS. The van der Waals surface area contributed by atoms with E-state index in [0.29, 0.717) is 11.7 Å². The van der Waals surface area contributed by atoms with Crippen LogP contribution in [0.4, 0.5) is 0 Å². The minimum atomic E-state index is 0.269. The summed E-state index contributed by atoms with van der Waals surface area (Å²) in [7, 11) is 0. The van der Waals surface area contributed by atoms with Gasteiger partial charge in [0.2, 0.25) is 11.7 Å². The van der Waals surface area contributed by atoms with Crippen LogP contribution >= 0.6 is 11.3 Å². The molecule has 5 nitrogen and oxygen atoms in total. The van der Waals surface area contributed by atoms with Gasteiger partial charge in [-0.1, -0.05) is 5.16 Å². The van der Waals surface area contributed by atoms with Crippen LogP contribution in [-0.2, 0) is 6.54 Å². The second-order valence-corrected chi connectivity index (χ2v) is 3.34. The summed E-state index contributed by atoms with van der Waals surface area (Å²) in [6.45, 7) is 2.18. The monoisotopic (exact) mass is 196 g/mol. The quantitative estimate of drug-likeness (QED) is 0.774. The zero-order chi connectivity index (χ0) is 9.26. The summed E-state index contributed by atoms with van der Waals surface area (Å²) in [4.78, 5) is 9.13. The molecule has 0 aliphatic rings. The Balaban J connectivity index is 2.41. The number of thiazole rings is 1. The Labute approximate surface area is 78.6 Å². The molecule has 0 spiro atoms. The normalized spacial score (nSPS) is 10.6. The highest BCUT2D eigenvalue weighted by Gasteiger charge is 2.11. The Bertz CT molecular complexity index is 408. The van der Waals surface area contributed by atoms with Gasteiger partial charge < -0.3 is 10.3 Å². The van der Waals surface area contributed by atoms with E-state index in [0.717, 1.165) is 10.6 Å². The Morgan fingerprint density at radius 1 is 1.62 bits per heavy atom. The van der Waals surface area contributed by atoms with E-state index in [1.165, 1.54) is 11.3 Å². The van der Waals surface area contributed by atoms with Crippen LogP contribution in [0.25, 0.3) is 10.7 Å². The number of hydrogen-bond acceptors (Lipinski definition) is 6. The summed E-state index contributed by atoms with van der Waals surface area (Å²) < 4.78 is 4.89. The van der Waals surface area contributed by atoms with E-state index in [4.69, 9.17) is 10.3 Å². The van der Waals surface area contributed by atoms with E-state index in [-0.39, 0.29) is 6.54 Å². The molecule has 0 fully saturated rings. The van der Waals surface area contributed by atoms with E-state index < -0.39 is 0 Å². The molecule has 0 radical (unpaired) electrons. The van der Waals surface area contributed by atoms with Crippen LogP contribution in [0.2, 0.25) is 0 Å². The molecule has 68 valence electrons. The zero-order valence-corrected chi connectivity index (χ0v) is 7.84. The van der Waals surface area contributed by atoms with Crippen molar-refractivity contribution in [2.45, 2.75) is 13.5 Å². The summed E-state index contributed by atoms with van der Waals surface area (Å²) in [6, 6.07) is 0. The Hall–Kier alpha value is -1.27. The van der Waals surface area contributed by atoms with Gasteiger partial charge in [0.25, 0.3) is 0 Å². The first-order chi connectivity index (χ1) is 6.31. The first kappa shape index (κ1) is 8.33. The summed E-state index contributed by atoms with van der Waals surface area (Å²) in [6.07, 6.45) is 0. The van der Waals surface area contributed by atoms with Crippen molar-refractivity contribution < 1.29 is 4.52 Å². The van der Waals surface area contributed by atoms with Gasteiger partial charge in [0, 0.05) is 0 Å². The molecule has 0 amide bonds. The Morgan fingerprint density at radius 2 is 2.46 bits per heavy atom. The van der Waals surface area contributed by atoms with Crippen molar-refractivity contribution in [3.05, 3.63) is 17.1 Å². The summed E-state index contributed by atoms with van der Waals surface area (Å²) >= 11 is 1.49. The van der Waals surface area contributed by atoms with E-state index in [1.54, 1.807) is 5.51 Å². The molecule has 2 N–H and O–H groups in total. The lowest BCUT2D eigenvalue weighted by Gasteiger charge is -1.86. The topological polar surface area (TPSA) is 77.8 Å². The standard InChI is InChI=1S/C7H8N4OS/c1-4-6(13-3-9-4)7-10-5(2-8)12-11-7/h3H,2,8H2,1H3. The highest BCUT2D eigenvalue weighted by molar-refractivity contribution is 7.13. The molecule has 0 aliphatic heterocycles. The van der Waals surface area contributed by atoms with Crippen LogP contribution < -0.4 is 5.73 Å². The lowest BCUT2D eigenvalue weighted by molar-refractivity contribution is 0.380. The van der Waals surface area contributed by atoms with E-state index in [9.17, 15) is 0 Å². The molecule has 2 rings (SSSR count). The van der Waals surface area contributed by atoms with Crippen molar-refractivity contribution in [2.75, 3.05) is 0 Å². The van der Waals surface area contributed by atoms with Gasteiger partial charge in [-0.25, -0.2) is 4.98 Å². The molecule has 13 heavy (non-hydrogen) atoms. The van der Waals surface area contributed by atoms with Gasteiger partial charge >= 0.3 is 0 Å². The fourth-order valence-electron chi connectivity index (χ4n) is 0.947. The van der Waals surface area contributed by atoms with Gasteiger partial charge in [0.1, 0.15) is 0 Å². The molecule has 0 aromatic carbocycles. The highest BCUT2D eigenvalue weighted by atomic mass is 32.1. The zero-order valence-electron chi connectivity index (χ0n) is 7.02. The van der Waals surface area contributed by atoms with Crippen molar-refractivity contribution in [3.63, 3.8) is 0 Å². The maximum atomic E-state index is 5.35. The summed E-state index contributed by atoms with van der Waals surface area (Å²) in [5.74, 6) is 1.02.